The first-order chi connectivity index (χ1) is 9.05. The van der Waals surface area contributed by atoms with Crippen molar-refractivity contribution in [3.63, 3.8) is 0 Å². The van der Waals surface area contributed by atoms with E-state index in [1.165, 1.54) is 0 Å². The molecule has 0 unspecified atom stereocenters. The summed E-state index contributed by atoms with van der Waals surface area (Å²) in [6.45, 7) is 5.87. The Bertz CT molecular complexity index is 495. The van der Waals surface area contributed by atoms with Crippen LogP contribution < -0.4 is 10.0 Å². The van der Waals surface area contributed by atoms with Crippen molar-refractivity contribution < 1.29 is 12.9 Å². The van der Waals surface area contributed by atoms with Gasteiger partial charge in [-0.05, 0) is 6.92 Å². The lowest BCUT2D eigenvalue weighted by atomic mass is 10.4. The Hall–Kier alpha value is -1.03. The molecule has 9 heteroatoms. The highest BCUT2D eigenvalue weighted by Gasteiger charge is 2.16. The number of piperazine rings is 1. The highest BCUT2D eigenvalue weighted by molar-refractivity contribution is 7.89. The first-order valence-electron chi connectivity index (χ1n) is 6.25. The lowest BCUT2D eigenvalue weighted by Gasteiger charge is -2.26. The molecule has 1 aromatic heterocycles. The van der Waals surface area contributed by atoms with Crippen LogP contribution in [0.25, 0.3) is 0 Å². The minimum Gasteiger partial charge on any atom is -0.338 e. The summed E-state index contributed by atoms with van der Waals surface area (Å²) in [5, 5.41) is 6.83. The zero-order chi connectivity index (χ0) is 13.7. The molecule has 108 valence electrons. The van der Waals surface area contributed by atoms with E-state index in [1.54, 1.807) is 6.92 Å². The van der Waals surface area contributed by atoms with Gasteiger partial charge in [0, 0.05) is 32.7 Å². The maximum absolute atomic E-state index is 11.8. The van der Waals surface area contributed by atoms with Gasteiger partial charge in [0.15, 0.2) is 5.82 Å². The third-order valence-corrected chi connectivity index (χ3v) is 4.20. The van der Waals surface area contributed by atoms with Crippen molar-refractivity contribution in [2.45, 2.75) is 13.5 Å². The Morgan fingerprint density at radius 3 is 2.79 bits per heavy atom. The van der Waals surface area contributed by atoms with E-state index < -0.39 is 10.0 Å². The second-order valence-corrected chi connectivity index (χ2v) is 6.39. The second-order valence-electron chi connectivity index (χ2n) is 4.47. The fourth-order valence-electron chi connectivity index (χ4n) is 1.84. The van der Waals surface area contributed by atoms with Gasteiger partial charge < -0.3 is 9.84 Å². The molecule has 1 fully saturated rings. The third kappa shape index (κ3) is 4.86. The number of hydrogen-bond acceptors (Lipinski definition) is 7. The summed E-state index contributed by atoms with van der Waals surface area (Å²) in [6, 6.07) is 0. The van der Waals surface area contributed by atoms with Crippen LogP contribution >= 0.6 is 0 Å². The number of aromatic nitrogens is 2. The van der Waals surface area contributed by atoms with Gasteiger partial charge in [-0.15, -0.1) is 0 Å². The van der Waals surface area contributed by atoms with Crippen LogP contribution in [-0.2, 0) is 16.6 Å². The first-order valence-corrected chi connectivity index (χ1v) is 7.90. The lowest BCUT2D eigenvalue weighted by molar-refractivity contribution is 0.253. The number of sulfonamides is 1. The molecule has 0 saturated carbocycles. The highest BCUT2D eigenvalue weighted by atomic mass is 32.2. The van der Waals surface area contributed by atoms with E-state index in [4.69, 9.17) is 4.52 Å². The van der Waals surface area contributed by atoms with Gasteiger partial charge in [0.1, 0.15) is 0 Å². The Kier molecular flexibility index (Phi) is 4.86. The normalized spacial score (nSPS) is 17.7. The van der Waals surface area contributed by atoms with Gasteiger partial charge in [-0.25, -0.2) is 13.1 Å². The van der Waals surface area contributed by atoms with Gasteiger partial charge in [0.05, 0.1) is 12.3 Å². The van der Waals surface area contributed by atoms with Crippen molar-refractivity contribution in [2.24, 2.45) is 0 Å². The molecule has 2 heterocycles. The summed E-state index contributed by atoms with van der Waals surface area (Å²) in [5.74, 6) is 0.860. The van der Waals surface area contributed by atoms with E-state index in [1.807, 2.05) is 0 Å². The molecule has 0 radical (unpaired) electrons. The number of rotatable bonds is 6. The predicted octanol–water partition coefficient (Wildman–Crippen LogP) is -1.30. The van der Waals surface area contributed by atoms with E-state index in [9.17, 15) is 8.42 Å². The molecule has 1 aromatic rings. The quantitative estimate of drug-likeness (QED) is 0.671. The highest BCUT2D eigenvalue weighted by Crippen LogP contribution is 1.98. The molecule has 2 rings (SSSR count). The van der Waals surface area contributed by atoms with Crippen LogP contribution in [0.4, 0.5) is 0 Å². The number of hydrogen-bond donors (Lipinski definition) is 2. The third-order valence-electron chi connectivity index (χ3n) is 2.90. The summed E-state index contributed by atoms with van der Waals surface area (Å²) >= 11 is 0. The molecule has 19 heavy (non-hydrogen) atoms. The summed E-state index contributed by atoms with van der Waals surface area (Å²) in [6.07, 6.45) is 0. The molecule has 1 aliphatic rings. The molecular formula is C10H19N5O3S. The fourth-order valence-corrected chi connectivity index (χ4v) is 2.83. The van der Waals surface area contributed by atoms with Crippen LogP contribution in [-0.4, -0.2) is 61.9 Å². The topological polar surface area (TPSA) is 100 Å². The minimum atomic E-state index is -3.31. The molecule has 2 N–H and O–H groups in total. The first kappa shape index (κ1) is 14.4. The maximum Gasteiger partial charge on any atom is 0.241 e. The molecule has 0 aromatic carbocycles. The monoisotopic (exact) mass is 289 g/mol. The summed E-state index contributed by atoms with van der Waals surface area (Å²) in [7, 11) is -3.31. The van der Waals surface area contributed by atoms with Crippen molar-refractivity contribution in [3.8, 4) is 0 Å². The zero-order valence-electron chi connectivity index (χ0n) is 10.9. The van der Waals surface area contributed by atoms with Crippen molar-refractivity contribution in [1.29, 1.82) is 0 Å². The van der Waals surface area contributed by atoms with Crippen LogP contribution in [0.1, 0.15) is 11.7 Å². The van der Waals surface area contributed by atoms with Crippen LogP contribution in [0.2, 0.25) is 0 Å². The molecule has 1 saturated heterocycles. The van der Waals surface area contributed by atoms with E-state index in [-0.39, 0.29) is 18.2 Å². The maximum atomic E-state index is 11.8. The Labute approximate surface area is 112 Å². The standard InChI is InChI=1S/C10H19N5O3S/c1-9-13-10(18-14-9)8-12-19(16,17)7-6-15-4-2-11-3-5-15/h11-12H,2-8H2,1H3. The van der Waals surface area contributed by atoms with Crippen molar-refractivity contribution in [2.75, 3.05) is 38.5 Å². The van der Waals surface area contributed by atoms with E-state index >= 15 is 0 Å². The second kappa shape index (κ2) is 6.42. The Morgan fingerprint density at radius 1 is 1.42 bits per heavy atom. The molecular weight excluding hydrogens is 270 g/mol. The molecule has 0 aliphatic carbocycles. The summed E-state index contributed by atoms with van der Waals surface area (Å²) in [4.78, 5) is 6.07. The molecule has 0 amide bonds. The van der Waals surface area contributed by atoms with Gasteiger partial charge in [-0.3, -0.25) is 4.90 Å². The predicted molar refractivity (Wildman–Crippen MR) is 69.0 cm³/mol. The van der Waals surface area contributed by atoms with Crippen LogP contribution in [0.15, 0.2) is 4.52 Å². The van der Waals surface area contributed by atoms with Crippen molar-refractivity contribution >= 4 is 10.0 Å². The SMILES string of the molecule is Cc1noc(CNS(=O)(=O)CCN2CCNCC2)n1. The van der Waals surface area contributed by atoms with Crippen LogP contribution in [0, 0.1) is 6.92 Å². The zero-order valence-corrected chi connectivity index (χ0v) is 11.7. The molecule has 1 aliphatic heterocycles. The van der Waals surface area contributed by atoms with Crippen molar-refractivity contribution in [3.05, 3.63) is 11.7 Å². The molecule has 8 nitrogen and oxygen atoms in total. The van der Waals surface area contributed by atoms with Crippen LogP contribution in [0.3, 0.4) is 0 Å². The molecule has 0 spiro atoms. The minimum absolute atomic E-state index is 0.0464. The molecule has 0 atom stereocenters. The van der Waals surface area contributed by atoms with Gasteiger partial charge >= 0.3 is 0 Å². The Morgan fingerprint density at radius 2 is 2.16 bits per heavy atom. The van der Waals surface area contributed by atoms with E-state index in [2.05, 4.69) is 25.1 Å². The number of nitrogens with one attached hydrogen (secondary N) is 2. The van der Waals surface area contributed by atoms with Gasteiger partial charge in [-0.2, -0.15) is 4.98 Å². The van der Waals surface area contributed by atoms with Gasteiger partial charge in [0.25, 0.3) is 0 Å². The fraction of sp³-hybridized carbons (Fsp3) is 0.800. The van der Waals surface area contributed by atoms with Gasteiger partial charge in [-0.1, -0.05) is 5.16 Å². The van der Waals surface area contributed by atoms with Crippen molar-refractivity contribution in [1.82, 2.24) is 25.1 Å². The average molecular weight is 289 g/mol. The lowest BCUT2D eigenvalue weighted by Crippen LogP contribution is -2.45. The largest absolute Gasteiger partial charge is 0.338 e. The summed E-state index contributed by atoms with van der Waals surface area (Å²) in [5.41, 5.74) is 0. The average Bonchev–Trinajstić information content (AvgIpc) is 2.82. The smallest absolute Gasteiger partial charge is 0.241 e. The number of aryl methyl sites for hydroxylation is 1. The number of nitrogens with zero attached hydrogens (tertiary/aromatic N) is 3. The van der Waals surface area contributed by atoms with Crippen LogP contribution in [0.5, 0.6) is 0 Å². The summed E-state index contributed by atoms with van der Waals surface area (Å²) < 4.78 is 30.9. The molecule has 0 bridgehead atoms. The Balaban J connectivity index is 1.75. The van der Waals surface area contributed by atoms with E-state index in [0.717, 1.165) is 26.2 Å². The van der Waals surface area contributed by atoms with Gasteiger partial charge in [0.2, 0.25) is 15.9 Å². The van der Waals surface area contributed by atoms with E-state index in [0.29, 0.717) is 12.4 Å².